The number of hydrogen-bond acceptors (Lipinski definition) is 3. The molecule has 2 atom stereocenters. The van der Waals surface area contributed by atoms with Gasteiger partial charge in [-0.15, -0.1) is 11.3 Å². The Kier molecular flexibility index (Phi) is 4.66. The van der Waals surface area contributed by atoms with E-state index in [1.165, 1.54) is 37.8 Å². The molecule has 0 saturated heterocycles. The molecule has 1 saturated carbocycles. The van der Waals surface area contributed by atoms with Gasteiger partial charge in [0.1, 0.15) is 10.8 Å². The molecule has 0 radical (unpaired) electrons. The Morgan fingerprint density at radius 1 is 1.24 bits per heavy atom. The fourth-order valence-electron chi connectivity index (χ4n) is 2.97. The van der Waals surface area contributed by atoms with E-state index < -0.39 is 0 Å². The van der Waals surface area contributed by atoms with E-state index in [-0.39, 0.29) is 5.82 Å². The summed E-state index contributed by atoms with van der Waals surface area (Å²) in [5.41, 5.74) is 2.07. The van der Waals surface area contributed by atoms with Gasteiger partial charge in [0, 0.05) is 23.5 Å². The van der Waals surface area contributed by atoms with Gasteiger partial charge in [-0.05, 0) is 43.0 Å². The van der Waals surface area contributed by atoms with E-state index in [9.17, 15) is 4.39 Å². The first kappa shape index (κ1) is 14.7. The highest BCUT2D eigenvalue weighted by Gasteiger charge is 2.20. The number of nitrogens with one attached hydrogen (secondary N) is 1. The van der Waals surface area contributed by atoms with Crippen molar-refractivity contribution in [1.29, 1.82) is 0 Å². The Morgan fingerprint density at radius 2 is 2.00 bits per heavy atom. The molecule has 2 nitrogen and oxygen atoms in total. The van der Waals surface area contributed by atoms with Crippen LogP contribution < -0.4 is 5.32 Å². The minimum atomic E-state index is -0.205. The van der Waals surface area contributed by atoms with Crippen molar-refractivity contribution in [2.75, 3.05) is 0 Å². The van der Waals surface area contributed by atoms with Crippen molar-refractivity contribution < 1.29 is 4.39 Å². The van der Waals surface area contributed by atoms with Gasteiger partial charge in [0.25, 0.3) is 0 Å². The predicted molar refractivity (Wildman–Crippen MR) is 85.8 cm³/mol. The third-order valence-corrected chi connectivity index (χ3v) is 5.24. The molecule has 1 aliphatic rings. The molecule has 1 aromatic heterocycles. The lowest BCUT2D eigenvalue weighted by Gasteiger charge is -2.29. The monoisotopic (exact) mass is 304 g/mol. The standard InChI is InChI=1S/C17H21FN2S/c1-12-4-2-3-5-16(12)19-10-15-11-21-17(20-15)13-6-8-14(18)9-7-13/h6-9,11-12,16,19H,2-5,10H2,1H3. The molecule has 1 aliphatic carbocycles. The first-order valence-corrected chi connectivity index (χ1v) is 8.54. The van der Waals surface area contributed by atoms with Gasteiger partial charge in [0.15, 0.2) is 0 Å². The first-order chi connectivity index (χ1) is 10.2. The minimum Gasteiger partial charge on any atom is -0.308 e. The molecule has 2 unspecified atom stereocenters. The van der Waals surface area contributed by atoms with Gasteiger partial charge in [-0.2, -0.15) is 0 Å². The smallest absolute Gasteiger partial charge is 0.123 e. The van der Waals surface area contributed by atoms with E-state index >= 15 is 0 Å². The molecule has 1 aromatic carbocycles. The summed E-state index contributed by atoms with van der Waals surface area (Å²) in [6, 6.07) is 7.16. The summed E-state index contributed by atoms with van der Waals surface area (Å²) in [5.74, 6) is 0.553. The zero-order valence-corrected chi connectivity index (χ0v) is 13.1. The zero-order valence-electron chi connectivity index (χ0n) is 12.3. The summed E-state index contributed by atoms with van der Waals surface area (Å²) in [6.07, 6.45) is 5.30. The maximum Gasteiger partial charge on any atom is 0.123 e. The van der Waals surface area contributed by atoms with Crippen molar-refractivity contribution in [3.05, 3.63) is 41.2 Å². The molecule has 112 valence electrons. The number of aromatic nitrogens is 1. The average molecular weight is 304 g/mol. The fraction of sp³-hybridized carbons (Fsp3) is 0.471. The van der Waals surface area contributed by atoms with Crippen LogP contribution in [-0.2, 0) is 6.54 Å². The molecule has 0 spiro atoms. The van der Waals surface area contributed by atoms with Gasteiger partial charge < -0.3 is 5.32 Å². The van der Waals surface area contributed by atoms with Crippen LogP contribution in [0.4, 0.5) is 4.39 Å². The van der Waals surface area contributed by atoms with Crippen LogP contribution in [0.1, 0.15) is 38.3 Å². The first-order valence-electron chi connectivity index (χ1n) is 7.66. The molecule has 4 heteroatoms. The number of benzene rings is 1. The molecule has 0 amide bonds. The summed E-state index contributed by atoms with van der Waals surface area (Å²) in [7, 11) is 0. The van der Waals surface area contributed by atoms with Gasteiger partial charge in [-0.3, -0.25) is 0 Å². The molecule has 21 heavy (non-hydrogen) atoms. The van der Waals surface area contributed by atoms with E-state index in [0.29, 0.717) is 6.04 Å². The maximum absolute atomic E-state index is 12.9. The zero-order chi connectivity index (χ0) is 14.7. The minimum absolute atomic E-state index is 0.205. The van der Waals surface area contributed by atoms with Crippen LogP contribution in [0.15, 0.2) is 29.6 Å². The molecule has 1 N–H and O–H groups in total. The number of nitrogens with zero attached hydrogens (tertiary/aromatic N) is 1. The predicted octanol–water partition coefficient (Wildman–Crippen LogP) is 4.62. The lowest BCUT2D eigenvalue weighted by molar-refractivity contribution is 0.279. The van der Waals surface area contributed by atoms with Crippen molar-refractivity contribution in [3.8, 4) is 10.6 Å². The van der Waals surface area contributed by atoms with Crippen LogP contribution >= 0.6 is 11.3 Å². The van der Waals surface area contributed by atoms with Crippen molar-refractivity contribution in [3.63, 3.8) is 0 Å². The van der Waals surface area contributed by atoms with Crippen molar-refractivity contribution in [2.45, 2.75) is 45.2 Å². The van der Waals surface area contributed by atoms with Gasteiger partial charge in [0.05, 0.1) is 5.69 Å². The second-order valence-corrected chi connectivity index (χ2v) is 6.76. The van der Waals surface area contributed by atoms with Crippen LogP contribution in [0.2, 0.25) is 0 Å². The van der Waals surface area contributed by atoms with Crippen LogP contribution in [0.3, 0.4) is 0 Å². The number of halogens is 1. The molecular formula is C17H21FN2S. The van der Waals surface area contributed by atoms with Crippen LogP contribution in [-0.4, -0.2) is 11.0 Å². The van der Waals surface area contributed by atoms with E-state index in [0.717, 1.165) is 28.7 Å². The van der Waals surface area contributed by atoms with E-state index in [1.54, 1.807) is 23.5 Å². The Hall–Kier alpha value is -1.26. The number of thiazole rings is 1. The summed E-state index contributed by atoms with van der Waals surface area (Å²) < 4.78 is 12.9. The van der Waals surface area contributed by atoms with Crippen molar-refractivity contribution in [2.24, 2.45) is 5.92 Å². The molecular weight excluding hydrogens is 283 g/mol. The topological polar surface area (TPSA) is 24.9 Å². The Balaban J connectivity index is 1.61. The normalized spacial score (nSPS) is 22.4. The van der Waals surface area contributed by atoms with Gasteiger partial charge in [-0.25, -0.2) is 9.37 Å². The highest BCUT2D eigenvalue weighted by atomic mass is 32.1. The molecule has 0 aliphatic heterocycles. The van der Waals surface area contributed by atoms with Crippen LogP contribution in [0.5, 0.6) is 0 Å². The van der Waals surface area contributed by atoms with Gasteiger partial charge in [0.2, 0.25) is 0 Å². The number of rotatable bonds is 4. The highest BCUT2D eigenvalue weighted by molar-refractivity contribution is 7.13. The maximum atomic E-state index is 12.9. The second-order valence-electron chi connectivity index (χ2n) is 5.90. The van der Waals surface area contributed by atoms with Crippen LogP contribution in [0.25, 0.3) is 10.6 Å². The number of hydrogen-bond donors (Lipinski definition) is 1. The summed E-state index contributed by atoms with van der Waals surface area (Å²) in [4.78, 5) is 4.65. The fourth-order valence-corrected chi connectivity index (χ4v) is 3.79. The summed E-state index contributed by atoms with van der Waals surface area (Å²) in [5, 5.41) is 6.70. The molecule has 0 bridgehead atoms. The average Bonchev–Trinajstić information content (AvgIpc) is 2.96. The SMILES string of the molecule is CC1CCCCC1NCc1csc(-c2ccc(F)cc2)n1. The Bertz CT molecular complexity index is 579. The second kappa shape index (κ2) is 6.67. The molecule has 1 heterocycles. The Morgan fingerprint density at radius 3 is 2.76 bits per heavy atom. The van der Waals surface area contributed by atoms with Crippen molar-refractivity contribution >= 4 is 11.3 Å². The Labute approximate surface area is 129 Å². The van der Waals surface area contributed by atoms with E-state index in [1.807, 2.05) is 0 Å². The lowest BCUT2D eigenvalue weighted by Crippen LogP contribution is -2.36. The molecule has 1 fully saturated rings. The van der Waals surface area contributed by atoms with E-state index in [4.69, 9.17) is 0 Å². The van der Waals surface area contributed by atoms with E-state index in [2.05, 4.69) is 22.6 Å². The summed E-state index contributed by atoms with van der Waals surface area (Å²) in [6.45, 7) is 3.16. The van der Waals surface area contributed by atoms with Crippen LogP contribution in [0, 0.1) is 11.7 Å². The van der Waals surface area contributed by atoms with Gasteiger partial charge >= 0.3 is 0 Å². The quantitative estimate of drug-likeness (QED) is 0.891. The molecule has 2 aromatic rings. The third kappa shape index (κ3) is 3.69. The van der Waals surface area contributed by atoms with Gasteiger partial charge in [-0.1, -0.05) is 19.8 Å². The summed E-state index contributed by atoms with van der Waals surface area (Å²) >= 11 is 1.62. The molecule has 3 rings (SSSR count). The lowest BCUT2D eigenvalue weighted by atomic mass is 9.86. The van der Waals surface area contributed by atoms with Crippen molar-refractivity contribution in [1.82, 2.24) is 10.3 Å². The third-order valence-electron chi connectivity index (χ3n) is 4.30. The largest absolute Gasteiger partial charge is 0.308 e. The highest BCUT2D eigenvalue weighted by Crippen LogP contribution is 2.26.